The fraction of sp³-hybridized carbons (Fsp3) is 0.286. The molecule has 0 bridgehead atoms. The van der Waals surface area contributed by atoms with E-state index >= 15 is 0 Å². The maximum Gasteiger partial charge on any atom is 0.432 e. The lowest BCUT2D eigenvalue weighted by molar-refractivity contribution is -0.150. The molecule has 9 heteroatoms. The molecule has 0 saturated heterocycles. The van der Waals surface area contributed by atoms with E-state index in [0.717, 1.165) is 22.6 Å². The van der Waals surface area contributed by atoms with E-state index in [4.69, 9.17) is 0 Å². The molecule has 0 aromatic carbocycles. The number of alkyl halides is 6. The third-order valence-corrected chi connectivity index (χ3v) is 2.63. The van der Waals surface area contributed by atoms with Gasteiger partial charge in [-0.05, 0) is 22.6 Å². The van der Waals surface area contributed by atoms with Crippen LogP contribution in [0.3, 0.4) is 0 Å². The second-order valence-electron chi connectivity index (χ2n) is 2.73. The normalized spacial score (nSPS) is 12.9. The van der Waals surface area contributed by atoms with Crippen molar-refractivity contribution >= 4 is 22.6 Å². The summed E-state index contributed by atoms with van der Waals surface area (Å²) in [6.45, 7) is 0. The summed E-state index contributed by atoms with van der Waals surface area (Å²) in [5.74, 6) is 0. The Labute approximate surface area is 97.8 Å². The molecule has 0 amide bonds. The van der Waals surface area contributed by atoms with Gasteiger partial charge in [0, 0.05) is 6.07 Å². The predicted molar refractivity (Wildman–Crippen MR) is 49.8 cm³/mol. The third-order valence-electron chi connectivity index (χ3n) is 1.56. The van der Waals surface area contributed by atoms with Gasteiger partial charge in [-0.25, -0.2) is 0 Å². The van der Waals surface area contributed by atoms with Crippen LogP contribution in [-0.4, -0.2) is 4.98 Å². The van der Waals surface area contributed by atoms with Gasteiger partial charge in [0.1, 0.15) is 11.4 Å². The summed E-state index contributed by atoms with van der Waals surface area (Å²) >= 11 is 1.04. The van der Waals surface area contributed by atoms with Gasteiger partial charge in [-0.1, -0.05) is 0 Å². The number of rotatable bonds is 0. The van der Waals surface area contributed by atoms with E-state index in [0.29, 0.717) is 0 Å². The lowest BCUT2D eigenvalue weighted by Crippen LogP contribution is -2.23. The van der Waals surface area contributed by atoms with E-state index in [2.05, 4.69) is 0 Å². The number of aromatic nitrogens is 1. The zero-order valence-electron chi connectivity index (χ0n) is 7.13. The minimum atomic E-state index is -5.03. The van der Waals surface area contributed by atoms with Crippen molar-refractivity contribution in [2.45, 2.75) is 12.4 Å². The van der Waals surface area contributed by atoms with Crippen LogP contribution in [0.5, 0.6) is 0 Å². The van der Waals surface area contributed by atoms with Crippen LogP contribution in [0.2, 0.25) is 0 Å². The number of hydrogen-bond acceptors (Lipinski definition) is 1. The number of nitrogens with one attached hydrogen (secondary N) is 1. The second kappa shape index (κ2) is 3.93. The van der Waals surface area contributed by atoms with Crippen molar-refractivity contribution in [3.8, 4) is 0 Å². The average molecular weight is 357 g/mol. The van der Waals surface area contributed by atoms with Gasteiger partial charge >= 0.3 is 12.4 Å². The highest BCUT2D eigenvalue weighted by atomic mass is 127. The van der Waals surface area contributed by atoms with Gasteiger partial charge in [-0.2, -0.15) is 26.3 Å². The summed E-state index contributed by atoms with van der Waals surface area (Å²) in [6, 6.07) is 0.0943. The highest BCUT2D eigenvalue weighted by Gasteiger charge is 2.39. The van der Waals surface area contributed by atoms with Crippen molar-refractivity contribution in [1.82, 2.24) is 4.98 Å². The van der Waals surface area contributed by atoms with Crippen LogP contribution in [-0.2, 0) is 12.4 Å². The molecule has 0 saturated carbocycles. The molecule has 2 nitrogen and oxygen atoms in total. The van der Waals surface area contributed by atoms with Gasteiger partial charge in [0.05, 0.1) is 3.57 Å². The molecule has 1 aromatic rings. The quantitative estimate of drug-likeness (QED) is 0.562. The molecule has 0 radical (unpaired) electrons. The smallest absolute Gasteiger partial charge is 0.346 e. The van der Waals surface area contributed by atoms with E-state index in [1.54, 1.807) is 0 Å². The predicted octanol–water partition coefficient (Wildman–Crippen LogP) is 3.02. The summed E-state index contributed by atoms with van der Waals surface area (Å²) in [4.78, 5) is 12.1. The molecular weight excluding hydrogens is 355 g/mol. The van der Waals surface area contributed by atoms with Crippen LogP contribution in [0, 0.1) is 3.57 Å². The molecule has 1 rings (SSSR count). The molecule has 1 aromatic heterocycles. The van der Waals surface area contributed by atoms with Gasteiger partial charge in [0.25, 0.3) is 0 Å². The van der Waals surface area contributed by atoms with E-state index in [1.807, 2.05) is 0 Å². The molecule has 16 heavy (non-hydrogen) atoms. The molecule has 1 heterocycles. The first kappa shape index (κ1) is 13.3. The Morgan fingerprint density at radius 1 is 1.06 bits per heavy atom. The molecule has 0 spiro atoms. The Morgan fingerprint density at radius 2 is 1.56 bits per heavy atom. The van der Waals surface area contributed by atoms with E-state index < -0.39 is 32.7 Å². The minimum Gasteiger partial charge on any atom is -0.346 e. The van der Waals surface area contributed by atoms with Crippen molar-refractivity contribution in [3.63, 3.8) is 0 Å². The first-order valence-electron chi connectivity index (χ1n) is 3.60. The largest absolute Gasteiger partial charge is 0.432 e. The first-order valence-corrected chi connectivity index (χ1v) is 4.68. The molecule has 0 aliphatic carbocycles. The lowest BCUT2D eigenvalue weighted by atomic mass is 10.3. The summed E-state index contributed by atoms with van der Waals surface area (Å²) in [5.41, 5.74) is -4.72. The minimum absolute atomic E-state index is 0.0943. The van der Waals surface area contributed by atoms with Crippen molar-refractivity contribution in [3.05, 3.63) is 31.2 Å². The number of H-pyrrole nitrogens is 1. The summed E-state index contributed by atoms with van der Waals surface area (Å²) in [6.07, 6.45) is -10.1. The molecule has 0 aliphatic heterocycles. The van der Waals surface area contributed by atoms with Gasteiger partial charge in [-0.15, -0.1) is 0 Å². The first-order chi connectivity index (χ1) is 7.03. The number of halogens is 7. The Morgan fingerprint density at radius 3 is 1.94 bits per heavy atom. The van der Waals surface area contributed by atoms with Crippen LogP contribution in [0.15, 0.2) is 10.9 Å². The zero-order valence-corrected chi connectivity index (χ0v) is 9.29. The molecule has 0 aliphatic rings. The molecule has 0 unspecified atom stereocenters. The summed E-state index contributed by atoms with van der Waals surface area (Å²) in [5, 5.41) is 0. The van der Waals surface area contributed by atoms with Gasteiger partial charge < -0.3 is 4.98 Å². The fourth-order valence-corrected chi connectivity index (χ4v) is 1.49. The highest BCUT2D eigenvalue weighted by Crippen LogP contribution is 2.33. The van der Waals surface area contributed by atoms with Gasteiger partial charge in [-0.3, -0.25) is 4.79 Å². The Bertz CT molecular complexity index is 459. The van der Waals surface area contributed by atoms with Crippen LogP contribution in [0.25, 0.3) is 0 Å². The van der Waals surface area contributed by atoms with Crippen molar-refractivity contribution in [2.75, 3.05) is 0 Å². The van der Waals surface area contributed by atoms with E-state index in [-0.39, 0.29) is 6.07 Å². The summed E-state index contributed by atoms with van der Waals surface area (Å²) in [7, 11) is 0. The van der Waals surface area contributed by atoms with Crippen LogP contribution in [0.1, 0.15) is 11.4 Å². The Balaban J connectivity index is 3.53. The second-order valence-corrected chi connectivity index (χ2v) is 3.81. The number of aromatic amines is 1. The van der Waals surface area contributed by atoms with Crippen molar-refractivity contribution in [1.29, 1.82) is 0 Å². The van der Waals surface area contributed by atoms with E-state index in [1.165, 1.54) is 4.98 Å². The fourth-order valence-electron chi connectivity index (χ4n) is 0.891. The summed E-state index contributed by atoms with van der Waals surface area (Å²) < 4.78 is 72.3. The number of hydrogen-bond donors (Lipinski definition) is 1. The molecular formula is C7H2F6INO. The van der Waals surface area contributed by atoms with Crippen LogP contribution < -0.4 is 5.43 Å². The van der Waals surface area contributed by atoms with Gasteiger partial charge in [0.15, 0.2) is 5.43 Å². The van der Waals surface area contributed by atoms with E-state index in [9.17, 15) is 31.1 Å². The monoisotopic (exact) mass is 357 g/mol. The zero-order chi connectivity index (χ0) is 12.7. The van der Waals surface area contributed by atoms with Gasteiger partial charge in [0.2, 0.25) is 0 Å². The Hall–Kier alpha value is -0.740. The number of pyridine rings is 1. The molecule has 90 valence electrons. The lowest BCUT2D eigenvalue weighted by Gasteiger charge is -2.12. The average Bonchev–Trinajstić information content (AvgIpc) is 2.05. The van der Waals surface area contributed by atoms with Crippen LogP contribution in [0.4, 0.5) is 26.3 Å². The standard InChI is InChI=1S/C7H2F6INO/c8-6(9,10)3-1-2(16)4(14)5(15-3)7(11,12)13/h1H,(H,15,16). The van der Waals surface area contributed by atoms with Crippen LogP contribution >= 0.6 is 22.6 Å². The maximum absolute atomic E-state index is 12.3. The topological polar surface area (TPSA) is 32.9 Å². The van der Waals surface area contributed by atoms with Crippen molar-refractivity contribution < 1.29 is 26.3 Å². The molecule has 0 atom stereocenters. The molecule has 1 N–H and O–H groups in total. The molecule has 0 fully saturated rings. The highest BCUT2D eigenvalue weighted by molar-refractivity contribution is 14.1. The Kier molecular flexibility index (Phi) is 3.27. The van der Waals surface area contributed by atoms with Crippen molar-refractivity contribution in [2.24, 2.45) is 0 Å². The third kappa shape index (κ3) is 2.68. The SMILES string of the molecule is O=c1cc(C(F)(F)F)[nH]c(C(F)(F)F)c1I. The maximum atomic E-state index is 12.3.